The molecule has 0 radical (unpaired) electrons. The maximum atomic E-state index is 13.9. The van der Waals surface area contributed by atoms with E-state index in [0.29, 0.717) is 24.3 Å². The Morgan fingerprint density at radius 2 is 0.901 bits per heavy atom. The Labute approximate surface area is 397 Å². The van der Waals surface area contributed by atoms with Crippen LogP contribution in [0.25, 0.3) is 67.3 Å². The SMILES string of the molecule is CCOc1nc(N)nc2ncc(-c3c(F)cc(F)cc3F)nc12.CCOc1nc(N)nc2ncc(-c3ccc(C(F)(F)F)cc3Cl)nc12.CCOc1nc(N)nc2ncc(-c3ccc(F)c(F)c3F)nc12. The zero-order valence-electron chi connectivity index (χ0n) is 36.5. The smallest absolute Gasteiger partial charge is 0.416 e. The highest BCUT2D eigenvalue weighted by molar-refractivity contribution is 6.33. The van der Waals surface area contributed by atoms with Gasteiger partial charge in [0.15, 0.2) is 50.9 Å². The van der Waals surface area contributed by atoms with E-state index < -0.39 is 52.2 Å². The molecule has 0 aliphatic heterocycles. The molecule has 0 amide bonds. The van der Waals surface area contributed by atoms with Crippen molar-refractivity contribution in [2.24, 2.45) is 0 Å². The number of nitrogens with zero attached hydrogens (tertiary/aromatic N) is 12. The Hall–Kier alpha value is -8.62. The zero-order valence-corrected chi connectivity index (χ0v) is 37.3. The van der Waals surface area contributed by atoms with Crippen LogP contribution in [0.3, 0.4) is 0 Å². The molecule has 0 aliphatic rings. The van der Waals surface area contributed by atoms with Crippen molar-refractivity contribution in [1.82, 2.24) is 59.8 Å². The standard InChI is InChI=1S/C15H11ClF3N5O.2C14H10F3N5O/c1-2-25-13-11-12(23-14(20)24-13)21-6-10(22-11)8-4-3-7(5-9(8)16)15(17,18)19;1-2-23-13-11-12(21-14(18)22-13)19-5-9(20-11)10-7(16)3-6(15)4-8(10)17;1-2-23-13-11-12(21-14(18)22-13)19-5-8(20-11)6-3-4-7(15)10(17)9(6)16/h3-6H,2H2,1H3,(H2,20,21,23,24);2*3-5H,2H2,1H3,(H2,18,19,21,22). The van der Waals surface area contributed by atoms with E-state index in [1.165, 1.54) is 18.5 Å². The lowest BCUT2D eigenvalue weighted by molar-refractivity contribution is -0.137. The zero-order chi connectivity index (χ0) is 51.3. The number of aromatic nitrogens is 12. The van der Waals surface area contributed by atoms with Gasteiger partial charge in [-0.15, -0.1) is 0 Å². The summed E-state index contributed by atoms with van der Waals surface area (Å²) >= 11 is 6.00. The summed E-state index contributed by atoms with van der Waals surface area (Å²) in [5.74, 6) is -7.31. The monoisotopic (exact) mass is 1010 g/mol. The summed E-state index contributed by atoms with van der Waals surface area (Å²) in [6.07, 6.45) is -0.839. The maximum absolute atomic E-state index is 13.9. The first-order valence-electron chi connectivity index (χ1n) is 20.2. The van der Waals surface area contributed by atoms with Crippen molar-refractivity contribution >= 4 is 62.9 Å². The van der Waals surface area contributed by atoms with Crippen LogP contribution < -0.4 is 31.4 Å². The molecule has 3 aromatic carbocycles. The Kier molecular flexibility index (Phi) is 14.8. The summed E-state index contributed by atoms with van der Waals surface area (Å²) in [5.41, 5.74) is 16.5. The van der Waals surface area contributed by atoms with Crippen LogP contribution in [0.5, 0.6) is 17.6 Å². The van der Waals surface area contributed by atoms with Crippen molar-refractivity contribution in [3.05, 3.63) is 107 Å². The number of rotatable bonds is 9. The number of nitrogens with two attached hydrogens (primary N) is 3. The molecule has 18 nitrogen and oxygen atoms in total. The summed E-state index contributed by atoms with van der Waals surface area (Å²) in [5, 5.41) is -0.0993. The van der Waals surface area contributed by atoms with Crippen molar-refractivity contribution in [2.75, 3.05) is 37.0 Å². The minimum atomic E-state index is -4.48. The molecular weight excluding hydrogens is 981 g/mol. The second kappa shape index (κ2) is 20.9. The molecule has 6 aromatic heterocycles. The highest BCUT2D eigenvalue weighted by atomic mass is 35.5. The van der Waals surface area contributed by atoms with Gasteiger partial charge >= 0.3 is 6.18 Å². The van der Waals surface area contributed by atoms with Gasteiger partial charge in [0.25, 0.3) is 0 Å². The topological polar surface area (TPSA) is 260 Å². The normalized spacial score (nSPS) is 11.2. The van der Waals surface area contributed by atoms with E-state index in [-0.39, 0.29) is 110 Å². The van der Waals surface area contributed by atoms with Crippen LogP contribution in [0.1, 0.15) is 26.3 Å². The number of ether oxygens (including phenoxy) is 3. The predicted octanol–water partition coefficient (Wildman–Crippen LogP) is 8.71. The van der Waals surface area contributed by atoms with E-state index in [1.54, 1.807) is 20.8 Å². The van der Waals surface area contributed by atoms with Gasteiger partial charge < -0.3 is 31.4 Å². The number of halogens is 10. The minimum absolute atomic E-state index is 0.0109. The summed E-state index contributed by atoms with van der Waals surface area (Å²) in [7, 11) is 0. The molecule has 0 atom stereocenters. The molecule has 28 heteroatoms. The Morgan fingerprint density at radius 3 is 1.32 bits per heavy atom. The van der Waals surface area contributed by atoms with Crippen molar-refractivity contribution < 1.29 is 53.7 Å². The molecule has 0 saturated heterocycles. The summed E-state index contributed by atoms with van der Waals surface area (Å²) in [6, 6.07) is 6.01. The van der Waals surface area contributed by atoms with Gasteiger partial charge in [0, 0.05) is 23.3 Å². The molecule has 71 heavy (non-hydrogen) atoms. The molecule has 0 fully saturated rings. The fourth-order valence-corrected chi connectivity index (χ4v) is 6.47. The van der Waals surface area contributed by atoms with Gasteiger partial charge in [-0.1, -0.05) is 17.7 Å². The molecule has 0 unspecified atom stereocenters. The minimum Gasteiger partial charge on any atom is -0.476 e. The van der Waals surface area contributed by atoms with E-state index >= 15 is 0 Å². The van der Waals surface area contributed by atoms with Gasteiger partial charge in [-0.3, -0.25) is 0 Å². The molecule has 0 aliphatic carbocycles. The Balaban J connectivity index is 0.000000157. The van der Waals surface area contributed by atoms with Crippen molar-refractivity contribution in [1.29, 1.82) is 0 Å². The lowest BCUT2D eigenvalue weighted by Crippen LogP contribution is -2.05. The molecule has 0 saturated carbocycles. The summed E-state index contributed by atoms with van der Waals surface area (Å²) < 4.78 is 135. The third-order valence-corrected chi connectivity index (χ3v) is 9.48. The molecule has 9 rings (SSSR count). The van der Waals surface area contributed by atoms with E-state index in [0.717, 1.165) is 30.5 Å². The fourth-order valence-electron chi connectivity index (χ4n) is 6.20. The molecule has 366 valence electrons. The highest BCUT2D eigenvalue weighted by Gasteiger charge is 2.31. The van der Waals surface area contributed by atoms with Crippen LogP contribution in [0.15, 0.2) is 61.1 Å². The van der Waals surface area contributed by atoms with Gasteiger partial charge in [-0.05, 0) is 45.0 Å². The fraction of sp³-hybridized carbons (Fsp3) is 0.163. The lowest BCUT2D eigenvalue weighted by Gasteiger charge is -2.11. The molecule has 0 spiro atoms. The van der Waals surface area contributed by atoms with E-state index in [2.05, 4.69) is 59.8 Å². The van der Waals surface area contributed by atoms with Crippen molar-refractivity contribution in [3.63, 3.8) is 0 Å². The number of anilines is 3. The first kappa shape index (κ1) is 50.3. The molecule has 9 aromatic rings. The highest BCUT2D eigenvalue weighted by Crippen LogP contribution is 2.36. The first-order valence-corrected chi connectivity index (χ1v) is 20.6. The van der Waals surface area contributed by atoms with Crippen LogP contribution in [0.2, 0.25) is 5.02 Å². The number of alkyl halides is 3. The number of fused-ring (bicyclic) bond motifs is 3. The van der Waals surface area contributed by atoms with E-state index in [4.69, 9.17) is 43.0 Å². The molecule has 0 bridgehead atoms. The van der Waals surface area contributed by atoms with Crippen molar-refractivity contribution in [3.8, 4) is 51.4 Å². The lowest BCUT2D eigenvalue weighted by atomic mass is 10.1. The molecular formula is C43H31ClF9N15O3. The number of nitrogen functional groups attached to an aromatic ring is 3. The van der Waals surface area contributed by atoms with Gasteiger partial charge in [0.1, 0.15) is 17.5 Å². The first-order chi connectivity index (χ1) is 33.8. The van der Waals surface area contributed by atoms with Crippen LogP contribution in [0, 0.1) is 34.9 Å². The second-order valence-corrected chi connectivity index (χ2v) is 14.3. The third-order valence-electron chi connectivity index (χ3n) is 9.17. The average Bonchev–Trinajstić information content (AvgIpc) is 3.31. The molecule has 6 heterocycles. The van der Waals surface area contributed by atoms with E-state index in [1.807, 2.05) is 0 Å². The van der Waals surface area contributed by atoms with Crippen molar-refractivity contribution in [2.45, 2.75) is 26.9 Å². The predicted molar refractivity (Wildman–Crippen MR) is 238 cm³/mol. The van der Waals surface area contributed by atoms with E-state index in [9.17, 15) is 39.5 Å². The summed E-state index contributed by atoms with van der Waals surface area (Å²) in [4.78, 5) is 48.1. The van der Waals surface area contributed by atoms with Crippen LogP contribution in [0.4, 0.5) is 57.4 Å². The van der Waals surface area contributed by atoms with Gasteiger partial charge in [-0.2, -0.15) is 43.1 Å². The van der Waals surface area contributed by atoms with Crippen LogP contribution >= 0.6 is 11.6 Å². The third kappa shape index (κ3) is 11.1. The van der Waals surface area contributed by atoms with Gasteiger partial charge in [0.05, 0.1) is 71.6 Å². The quantitative estimate of drug-likeness (QED) is 0.0901. The number of hydrogen-bond acceptors (Lipinski definition) is 18. The second-order valence-electron chi connectivity index (χ2n) is 13.9. The van der Waals surface area contributed by atoms with Gasteiger partial charge in [0.2, 0.25) is 35.5 Å². The number of hydrogen-bond donors (Lipinski definition) is 3. The average molecular weight is 1010 g/mol. The maximum Gasteiger partial charge on any atom is 0.416 e. The largest absolute Gasteiger partial charge is 0.476 e. The Morgan fingerprint density at radius 1 is 0.493 bits per heavy atom. The Bertz CT molecular complexity index is 3450. The van der Waals surface area contributed by atoms with Crippen LogP contribution in [-0.2, 0) is 6.18 Å². The summed E-state index contributed by atoms with van der Waals surface area (Å²) in [6.45, 7) is 6.09. The molecule has 6 N–H and O–H groups in total. The van der Waals surface area contributed by atoms with Crippen LogP contribution in [-0.4, -0.2) is 79.6 Å². The number of benzene rings is 3. The van der Waals surface area contributed by atoms with Gasteiger partial charge in [-0.25, -0.2) is 56.2 Å².